The lowest BCUT2D eigenvalue weighted by Crippen LogP contribution is -2.47. The van der Waals surface area contributed by atoms with Crippen LogP contribution in [0.2, 0.25) is 0 Å². The van der Waals surface area contributed by atoms with E-state index in [9.17, 15) is 4.79 Å². The lowest BCUT2D eigenvalue weighted by Gasteiger charge is -2.34. The van der Waals surface area contributed by atoms with Gasteiger partial charge in [-0.25, -0.2) is 0 Å². The Hall–Kier alpha value is -1.02. The van der Waals surface area contributed by atoms with Crippen molar-refractivity contribution in [1.82, 2.24) is 9.80 Å². The molecule has 3 aliphatic rings. The second-order valence-corrected chi connectivity index (χ2v) is 38.8. The Labute approximate surface area is 867 Å². The van der Waals surface area contributed by atoms with Gasteiger partial charge >= 0.3 is 0 Å². The number of unbranched alkanes of at least 4 members (excludes halogenated alkanes) is 51. The van der Waals surface area contributed by atoms with Crippen LogP contribution in [0.3, 0.4) is 0 Å². The fraction of sp³-hybridized carbons (Fsp3) is 0.792. The maximum atomic E-state index is 12.1. The number of Topliss-reactive ketones (excluding diaryl/α,β-unsaturated/α-hetero) is 1. The molecule has 4 atom stereocenters. The summed E-state index contributed by atoms with van der Waals surface area (Å²) in [4.78, 5) is 17.1. The standard InChI is InChI=1S/C44H80N2O2.C39H69BrO2.C36H64O.CH4.I2.HI/c1-4-6-8-10-12-14-16-18-20-22-24-26-28-30-32-34-36-44(47-42-43(48-44)41-46-39-37-45(3)38-40-46)35-33-31-29-27-25-23-21-19-17-15-13-11-9-7-5-2;1-3-5-7-9-11-13-15-17-19-21-23-25-27-29-31-33-35-39(41-37-38(36-40)42-39)34-32-30-28-26-24-22-20-18-16-14-12-10-8-6-4-2;1-3-5-7-9-11-13-15-17-19-21-23-25-27-29-31-33-35-36(37)34-32-30-28-26-24-22-20-18-16-14-12-10-8-6-4-2;;1-2;/h12-15,18-21,43H,4-11,16-17,22-42H2,1-3H3;11-14,17-20,38H,3-10,15-16,21-37H2,1-2H3;11-14,17-20H,3-10,15-16,21-35H2,1-2H3;1H4;;1H/b14-12-,15-13-,20-18-,21-19-;2*13-11-,14-12-,19-17-,20-18-;;;. The molecule has 0 aromatic carbocycles. The van der Waals surface area contributed by atoms with E-state index in [0.717, 1.165) is 141 Å². The Morgan fingerprint density at radius 1 is 0.282 bits per heavy atom. The summed E-state index contributed by atoms with van der Waals surface area (Å²) in [6, 6.07) is 0. The largest absolute Gasteiger partial charge is 0.347 e. The van der Waals surface area contributed by atoms with Gasteiger partial charge in [-0.3, -0.25) is 9.69 Å². The summed E-state index contributed by atoms with van der Waals surface area (Å²) in [5.74, 6) is -0.157. The van der Waals surface area contributed by atoms with Crippen molar-refractivity contribution >= 4 is 82.9 Å². The molecule has 0 bridgehead atoms. The number of nitrogens with zero attached hydrogens (tertiary/aromatic N) is 2. The van der Waals surface area contributed by atoms with Gasteiger partial charge in [-0.05, 0) is 238 Å². The number of carbonyl (C=O) groups is 1. The number of rotatable bonds is 90. The summed E-state index contributed by atoms with van der Waals surface area (Å²) in [5, 5.41) is 0.876. The number of ketones is 1. The van der Waals surface area contributed by atoms with Gasteiger partial charge in [-0.15, -0.1) is 24.0 Å². The zero-order chi connectivity index (χ0) is 93.4. The Morgan fingerprint density at radius 2 is 0.473 bits per heavy atom. The molecule has 0 aromatic rings. The quantitative estimate of drug-likeness (QED) is 0.0260. The number of carbonyl (C=O) groups excluding carboxylic acids is 1. The normalized spacial score (nSPS) is 17.6. The van der Waals surface area contributed by atoms with E-state index in [1.54, 1.807) is 0 Å². The maximum Gasteiger partial charge on any atom is 0.168 e. The zero-order valence-corrected chi connectivity index (χ0v) is 94.9. The highest BCUT2D eigenvalue weighted by atomic mass is 128. The number of likely N-dealkylation sites (N-methyl/N-ethyl adjacent to an activating group) is 1. The minimum Gasteiger partial charge on any atom is -0.347 e. The summed E-state index contributed by atoms with van der Waals surface area (Å²) < 4.78 is 26.1. The third kappa shape index (κ3) is 97.6. The van der Waals surface area contributed by atoms with Crippen LogP contribution in [0.25, 0.3) is 0 Å². The molecule has 4 unspecified atom stereocenters. The number of ether oxygens (including phenoxy) is 4. The van der Waals surface area contributed by atoms with E-state index < -0.39 is 0 Å². The molecular weight excluding hydrogens is 2010 g/mol. The molecule has 0 N–H and O–H groups in total. The number of allylic oxidation sites excluding steroid dienone is 24. The molecule has 3 heterocycles. The van der Waals surface area contributed by atoms with Crippen molar-refractivity contribution in [2.45, 2.75) is 554 Å². The predicted octanol–water partition coefficient (Wildman–Crippen LogP) is 41.5. The van der Waals surface area contributed by atoms with Gasteiger partial charge < -0.3 is 23.8 Å². The van der Waals surface area contributed by atoms with Crippen molar-refractivity contribution in [3.63, 3.8) is 0 Å². The van der Waals surface area contributed by atoms with Crippen molar-refractivity contribution in [1.29, 1.82) is 0 Å². The van der Waals surface area contributed by atoms with E-state index in [4.69, 9.17) is 18.9 Å². The third-order valence-corrected chi connectivity index (χ3v) is 26.4. The maximum absolute atomic E-state index is 12.1. The van der Waals surface area contributed by atoms with Gasteiger partial charge in [0.25, 0.3) is 0 Å². The highest BCUT2D eigenvalue weighted by Crippen LogP contribution is 2.37. The molecule has 0 aliphatic carbocycles. The van der Waals surface area contributed by atoms with Crippen LogP contribution < -0.4 is 0 Å². The summed E-state index contributed by atoms with van der Waals surface area (Å²) >= 11 is 7.85. The van der Waals surface area contributed by atoms with Crippen LogP contribution >= 0.6 is 77.1 Å². The molecule has 0 aromatic heterocycles. The molecule has 3 fully saturated rings. The lowest BCUT2D eigenvalue weighted by molar-refractivity contribution is -0.181. The summed E-state index contributed by atoms with van der Waals surface area (Å²) in [6.45, 7) is 20.8. The molecule has 3 aliphatic heterocycles. The highest BCUT2D eigenvalue weighted by Gasteiger charge is 2.42. The average Bonchev–Trinajstić information content (AvgIpc) is 1.65. The Balaban J connectivity index is -0.00000186. The number of halogens is 4. The van der Waals surface area contributed by atoms with E-state index in [1.165, 1.54) is 392 Å². The average molecular weight is 2230 g/mol. The zero-order valence-electron chi connectivity index (χ0n) is 86.7. The first-order valence-electron chi connectivity index (χ1n) is 55.8. The lowest BCUT2D eigenvalue weighted by atomic mass is 9.98. The fourth-order valence-electron chi connectivity index (χ4n) is 17.2. The molecule has 3 rings (SSSR count). The minimum atomic E-state index is -0.334. The van der Waals surface area contributed by atoms with Crippen LogP contribution in [0.5, 0.6) is 0 Å². The topological polar surface area (TPSA) is 60.5 Å². The number of hydrogen-bond acceptors (Lipinski definition) is 7. The van der Waals surface area contributed by atoms with E-state index in [0.29, 0.717) is 5.78 Å². The van der Waals surface area contributed by atoms with Gasteiger partial charge in [0.1, 0.15) is 5.78 Å². The van der Waals surface area contributed by atoms with Gasteiger partial charge in [0.2, 0.25) is 0 Å². The highest BCUT2D eigenvalue weighted by molar-refractivity contribution is 15.0. The molecule has 0 saturated carbocycles. The molecule has 0 spiro atoms. The smallest absolute Gasteiger partial charge is 0.168 e. The van der Waals surface area contributed by atoms with E-state index in [1.807, 2.05) is 0 Å². The molecule has 11 heteroatoms. The van der Waals surface area contributed by atoms with Crippen LogP contribution in [-0.2, 0) is 23.7 Å². The van der Waals surface area contributed by atoms with Crippen molar-refractivity contribution < 1.29 is 23.7 Å². The number of piperazine rings is 1. The second-order valence-electron chi connectivity index (χ2n) is 38.2. The van der Waals surface area contributed by atoms with Crippen LogP contribution in [0.4, 0.5) is 0 Å². The summed E-state index contributed by atoms with van der Waals surface area (Å²) in [7, 11) is 2.23. The number of alkyl halides is 1. The van der Waals surface area contributed by atoms with Crippen molar-refractivity contribution in [2.75, 3.05) is 58.3 Å². The van der Waals surface area contributed by atoms with Crippen LogP contribution in [-0.4, -0.2) is 97.7 Å². The SMILES string of the molecule is C.CCCCC/C=C\C/C=C\CCCCCCCCC(=O)CCCCCCC/C=C\C/C=C\CCCCC.CCCCC/C=C\C/C=C\CCCCCCCCC1(CCCCCCC/C=C\C/C=C\CCCCC)OCC(CBr)O1.CCCCC/C=C\C/C=C\CCCCCCCCC1(CCCCCCC/C=C\C/C=C\CCCCC)OCC(CN2CCN(C)CC2)O1.I.II. The van der Waals surface area contributed by atoms with Crippen LogP contribution in [0, 0.1) is 0 Å². The van der Waals surface area contributed by atoms with Crippen molar-refractivity contribution in [3.05, 3.63) is 146 Å². The van der Waals surface area contributed by atoms with Gasteiger partial charge in [0.05, 0.1) is 25.4 Å². The molecule has 131 heavy (non-hydrogen) atoms. The van der Waals surface area contributed by atoms with Crippen molar-refractivity contribution in [2.24, 2.45) is 0 Å². The van der Waals surface area contributed by atoms with Crippen LogP contribution in [0.15, 0.2) is 146 Å². The Kier molecular flexibility index (Phi) is 115. The van der Waals surface area contributed by atoms with E-state index >= 15 is 0 Å². The predicted molar refractivity (Wildman–Crippen MR) is 620 cm³/mol. The monoisotopic (exact) mass is 2230 g/mol. The van der Waals surface area contributed by atoms with Gasteiger partial charge in [-0.1, -0.05) is 423 Å². The van der Waals surface area contributed by atoms with Crippen LogP contribution in [0.1, 0.15) is 531 Å². The van der Waals surface area contributed by atoms with E-state index in [-0.39, 0.29) is 55.2 Å². The van der Waals surface area contributed by atoms with Gasteiger partial charge in [-0.2, -0.15) is 0 Å². The van der Waals surface area contributed by atoms with Gasteiger partial charge in [0.15, 0.2) is 11.6 Å². The molecule has 7 nitrogen and oxygen atoms in total. The molecule has 0 radical (unpaired) electrons. The summed E-state index contributed by atoms with van der Waals surface area (Å²) in [5.41, 5.74) is 0. The minimum absolute atomic E-state index is 0. The van der Waals surface area contributed by atoms with Crippen molar-refractivity contribution in [3.8, 4) is 0 Å². The molecule has 3 saturated heterocycles. The number of hydrogen-bond donors (Lipinski definition) is 0. The fourth-order valence-corrected chi connectivity index (χ4v) is 17.6. The second kappa shape index (κ2) is 113. The Bertz CT molecular complexity index is 2660. The summed E-state index contributed by atoms with van der Waals surface area (Å²) in [6.07, 6.45) is 150. The first-order valence-corrected chi connectivity index (χ1v) is 63.2. The van der Waals surface area contributed by atoms with E-state index in [2.05, 4.69) is 257 Å². The molecule has 0 amide bonds. The van der Waals surface area contributed by atoms with Gasteiger partial charge in [0, 0.05) is 114 Å². The first-order chi connectivity index (χ1) is 63.7. The Morgan fingerprint density at radius 3 is 0.687 bits per heavy atom. The first kappa shape index (κ1) is 134. The molecular formula is C120H218BrI3N2O5. The molecule has 766 valence electrons. The third-order valence-electron chi connectivity index (χ3n) is 25.7.